The summed E-state index contributed by atoms with van der Waals surface area (Å²) in [6.07, 6.45) is 2.04. The van der Waals surface area contributed by atoms with Crippen LogP contribution in [0.15, 0.2) is 12.7 Å². The summed E-state index contributed by atoms with van der Waals surface area (Å²) in [5, 5.41) is 13.7. The number of hydrogen-bond acceptors (Lipinski definition) is 4. The Bertz CT molecular complexity index is 306. The van der Waals surface area contributed by atoms with Gasteiger partial charge in [-0.15, -0.1) is 11.7 Å². The zero-order valence-electron chi connectivity index (χ0n) is 7.40. The Hall–Kier alpha value is -1.72. The number of tetrazole rings is 1. The van der Waals surface area contributed by atoms with Crippen LogP contribution in [0.3, 0.4) is 0 Å². The lowest BCUT2D eigenvalue weighted by Crippen LogP contribution is -2.11. The summed E-state index contributed by atoms with van der Waals surface area (Å²) in [6.45, 7) is 5.76. The van der Waals surface area contributed by atoms with Gasteiger partial charge in [-0.2, -0.15) is 4.80 Å². The lowest BCUT2D eigenvalue weighted by Gasteiger charge is -1.93. The molecule has 13 heavy (non-hydrogen) atoms. The maximum absolute atomic E-state index is 10.9. The van der Waals surface area contributed by atoms with Crippen molar-refractivity contribution in [2.24, 2.45) is 0 Å². The van der Waals surface area contributed by atoms with E-state index < -0.39 is 0 Å². The van der Waals surface area contributed by atoms with Gasteiger partial charge in [-0.3, -0.25) is 10.1 Å². The van der Waals surface area contributed by atoms with E-state index in [1.807, 2.05) is 0 Å². The van der Waals surface area contributed by atoms with Crippen LogP contribution in [0.25, 0.3) is 0 Å². The molecule has 0 bridgehead atoms. The predicted molar refractivity (Wildman–Crippen MR) is 46.9 cm³/mol. The standard InChI is InChI=1S/C7H11N5O/c1-3-5-12-10-7(9-11-12)8-6(13)4-2/h3H,1,4-5H2,2H3,(H,8,10,13). The van der Waals surface area contributed by atoms with Crippen LogP contribution in [0.2, 0.25) is 0 Å². The summed E-state index contributed by atoms with van der Waals surface area (Å²) < 4.78 is 0. The van der Waals surface area contributed by atoms with Crippen LogP contribution in [0.4, 0.5) is 5.95 Å². The van der Waals surface area contributed by atoms with E-state index in [9.17, 15) is 4.79 Å². The predicted octanol–water partition coefficient (Wildman–Crippen LogP) is 0.208. The molecule has 0 atom stereocenters. The van der Waals surface area contributed by atoms with Crippen LogP contribution in [0.5, 0.6) is 0 Å². The number of nitrogens with zero attached hydrogens (tertiary/aromatic N) is 4. The third kappa shape index (κ3) is 2.66. The van der Waals surface area contributed by atoms with Crippen molar-refractivity contribution in [2.45, 2.75) is 19.9 Å². The first kappa shape index (κ1) is 9.37. The normalized spacial score (nSPS) is 9.62. The first-order valence-corrected chi connectivity index (χ1v) is 3.94. The smallest absolute Gasteiger partial charge is 0.270 e. The van der Waals surface area contributed by atoms with Crippen molar-refractivity contribution in [3.05, 3.63) is 12.7 Å². The van der Waals surface area contributed by atoms with Crippen LogP contribution in [0, 0.1) is 0 Å². The molecule has 6 nitrogen and oxygen atoms in total. The Balaban J connectivity index is 2.58. The summed E-state index contributed by atoms with van der Waals surface area (Å²) in [5.41, 5.74) is 0. The topological polar surface area (TPSA) is 72.7 Å². The van der Waals surface area contributed by atoms with Gasteiger partial charge in [0, 0.05) is 6.42 Å². The molecule has 0 unspecified atom stereocenters. The number of allylic oxidation sites excluding steroid dienone is 1. The van der Waals surface area contributed by atoms with Crippen LogP contribution < -0.4 is 5.32 Å². The number of rotatable bonds is 4. The van der Waals surface area contributed by atoms with Crippen molar-refractivity contribution >= 4 is 11.9 Å². The number of nitrogens with one attached hydrogen (secondary N) is 1. The van der Waals surface area contributed by atoms with E-state index in [1.165, 1.54) is 4.80 Å². The largest absolute Gasteiger partial charge is 0.292 e. The Morgan fingerprint density at radius 3 is 3.15 bits per heavy atom. The quantitative estimate of drug-likeness (QED) is 0.674. The maximum atomic E-state index is 10.9. The zero-order valence-corrected chi connectivity index (χ0v) is 7.40. The van der Waals surface area contributed by atoms with Crippen LogP contribution in [-0.4, -0.2) is 26.1 Å². The number of aromatic nitrogens is 4. The molecule has 1 N–H and O–H groups in total. The van der Waals surface area contributed by atoms with Gasteiger partial charge in [0.25, 0.3) is 5.95 Å². The summed E-state index contributed by atoms with van der Waals surface area (Å²) in [4.78, 5) is 12.2. The second kappa shape index (κ2) is 4.34. The third-order valence-electron chi connectivity index (χ3n) is 1.32. The number of anilines is 1. The summed E-state index contributed by atoms with van der Waals surface area (Å²) >= 11 is 0. The second-order valence-corrected chi connectivity index (χ2v) is 2.36. The van der Waals surface area contributed by atoms with Gasteiger partial charge >= 0.3 is 0 Å². The van der Waals surface area contributed by atoms with Crippen LogP contribution in [0.1, 0.15) is 13.3 Å². The number of carbonyl (C=O) groups excluding carboxylic acids is 1. The molecule has 1 aromatic rings. The van der Waals surface area contributed by atoms with Gasteiger partial charge in [-0.05, 0) is 5.21 Å². The fourth-order valence-corrected chi connectivity index (χ4v) is 0.699. The molecule has 6 heteroatoms. The van der Waals surface area contributed by atoms with Gasteiger partial charge in [0.05, 0.1) is 6.54 Å². The van der Waals surface area contributed by atoms with Gasteiger partial charge in [-0.25, -0.2) is 0 Å². The number of carbonyl (C=O) groups is 1. The molecule has 0 fully saturated rings. The lowest BCUT2D eigenvalue weighted by atomic mass is 10.5. The van der Waals surface area contributed by atoms with E-state index in [1.54, 1.807) is 13.0 Å². The van der Waals surface area contributed by atoms with Gasteiger partial charge in [0.1, 0.15) is 0 Å². The summed E-state index contributed by atoms with van der Waals surface area (Å²) in [6, 6.07) is 0. The molecule has 0 radical (unpaired) electrons. The Kier molecular flexibility index (Phi) is 3.13. The molecule has 0 saturated carbocycles. The average Bonchev–Trinajstić information content (AvgIpc) is 2.53. The van der Waals surface area contributed by atoms with Gasteiger partial charge in [0.2, 0.25) is 5.91 Å². The van der Waals surface area contributed by atoms with E-state index in [0.717, 1.165) is 0 Å². The summed E-state index contributed by atoms with van der Waals surface area (Å²) in [5.74, 6) is 0.104. The van der Waals surface area contributed by atoms with E-state index in [2.05, 4.69) is 27.3 Å². The van der Waals surface area contributed by atoms with Crippen molar-refractivity contribution in [2.75, 3.05) is 5.32 Å². The average molecular weight is 181 g/mol. The van der Waals surface area contributed by atoms with Crippen LogP contribution in [-0.2, 0) is 11.3 Å². The van der Waals surface area contributed by atoms with E-state index in [0.29, 0.717) is 13.0 Å². The molecule has 1 rings (SSSR count). The van der Waals surface area contributed by atoms with Crippen molar-refractivity contribution in [1.82, 2.24) is 20.2 Å². The Morgan fingerprint density at radius 2 is 2.54 bits per heavy atom. The zero-order chi connectivity index (χ0) is 9.68. The van der Waals surface area contributed by atoms with E-state index >= 15 is 0 Å². The van der Waals surface area contributed by atoms with Gasteiger partial charge in [0.15, 0.2) is 0 Å². The SMILES string of the molecule is C=CCn1nnc(NC(=O)CC)n1. The minimum absolute atomic E-state index is 0.127. The van der Waals surface area contributed by atoms with Crippen molar-refractivity contribution in [3.8, 4) is 0 Å². The molecule has 0 aliphatic heterocycles. The highest BCUT2D eigenvalue weighted by Gasteiger charge is 2.03. The minimum Gasteiger partial charge on any atom is -0.292 e. The first-order valence-electron chi connectivity index (χ1n) is 3.94. The van der Waals surface area contributed by atoms with Crippen molar-refractivity contribution in [1.29, 1.82) is 0 Å². The molecule has 0 aliphatic carbocycles. The second-order valence-electron chi connectivity index (χ2n) is 2.36. The highest BCUT2D eigenvalue weighted by molar-refractivity contribution is 5.88. The number of hydrogen-bond donors (Lipinski definition) is 1. The third-order valence-corrected chi connectivity index (χ3v) is 1.32. The molecule has 1 amide bonds. The molecule has 1 aromatic heterocycles. The number of amides is 1. The minimum atomic E-state index is -0.127. The fourth-order valence-electron chi connectivity index (χ4n) is 0.699. The first-order chi connectivity index (χ1) is 6.26. The van der Waals surface area contributed by atoms with Gasteiger partial charge < -0.3 is 0 Å². The molecule has 70 valence electrons. The maximum Gasteiger partial charge on any atom is 0.270 e. The molecule has 0 spiro atoms. The Morgan fingerprint density at radius 1 is 1.77 bits per heavy atom. The highest BCUT2D eigenvalue weighted by atomic mass is 16.1. The van der Waals surface area contributed by atoms with E-state index in [-0.39, 0.29) is 11.9 Å². The highest BCUT2D eigenvalue weighted by Crippen LogP contribution is 1.94. The molecular formula is C7H11N5O. The molecule has 0 saturated heterocycles. The molecular weight excluding hydrogens is 170 g/mol. The Labute approximate surface area is 75.6 Å². The fraction of sp³-hybridized carbons (Fsp3) is 0.429. The monoisotopic (exact) mass is 181 g/mol. The van der Waals surface area contributed by atoms with Crippen molar-refractivity contribution in [3.63, 3.8) is 0 Å². The van der Waals surface area contributed by atoms with Gasteiger partial charge in [-0.1, -0.05) is 18.1 Å². The molecule has 0 aliphatic rings. The van der Waals surface area contributed by atoms with Crippen LogP contribution >= 0.6 is 0 Å². The summed E-state index contributed by atoms with van der Waals surface area (Å²) in [7, 11) is 0. The molecule has 0 aromatic carbocycles. The van der Waals surface area contributed by atoms with Crippen molar-refractivity contribution < 1.29 is 4.79 Å². The molecule has 1 heterocycles. The lowest BCUT2D eigenvalue weighted by molar-refractivity contribution is -0.115. The van der Waals surface area contributed by atoms with E-state index in [4.69, 9.17) is 0 Å².